The smallest absolute Gasteiger partial charge is 0.0486 e. The van der Waals surface area contributed by atoms with Crippen LogP contribution in [0.3, 0.4) is 0 Å². The maximum absolute atomic E-state index is 5.71. The summed E-state index contributed by atoms with van der Waals surface area (Å²) in [4.78, 5) is 0. The Morgan fingerprint density at radius 3 is 2.62 bits per heavy atom. The lowest BCUT2D eigenvalue weighted by Crippen LogP contribution is -2.21. The molecule has 1 aromatic rings. The maximum atomic E-state index is 5.71. The molecule has 1 aliphatic rings. The summed E-state index contributed by atoms with van der Waals surface area (Å²) in [5, 5.41) is 3.52. The molecular weight excluding hydrogens is 264 g/mol. The molecule has 1 fully saturated rings. The third kappa shape index (κ3) is 2.34. The molecule has 0 amide bonds. The topological polar surface area (TPSA) is 38.0 Å². The molecule has 0 spiro atoms. The fourth-order valence-electron chi connectivity index (χ4n) is 2.06. The van der Waals surface area contributed by atoms with Crippen molar-refractivity contribution in [1.82, 2.24) is 0 Å². The van der Waals surface area contributed by atoms with Crippen molar-refractivity contribution in [2.75, 3.05) is 17.6 Å². The second kappa shape index (κ2) is 4.28. The van der Waals surface area contributed by atoms with E-state index in [4.69, 9.17) is 5.73 Å². The highest BCUT2D eigenvalue weighted by Crippen LogP contribution is 2.51. The Kier molecular flexibility index (Phi) is 3.15. The van der Waals surface area contributed by atoms with E-state index >= 15 is 0 Å². The van der Waals surface area contributed by atoms with E-state index in [1.165, 1.54) is 12.8 Å². The average Bonchev–Trinajstić information content (AvgIpc) is 2.97. The van der Waals surface area contributed by atoms with E-state index in [2.05, 4.69) is 35.1 Å². The lowest BCUT2D eigenvalue weighted by molar-refractivity contribution is 0.380. The molecule has 0 saturated heterocycles. The monoisotopic (exact) mass is 282 g/mol. The van der Waals surface area contributed by atoms with Crippen molar-refractivity contribution >= 4 is 27.3 Å². The van der Waals surface area contributed by atoms with E-state index in [0.717, 1.165) is 28.3 Å². The first kappa shape index (κ1) is 11.8. The van der Waals surface area contributed by atoms with Crippen molar-refractivity contribution in [3.8, 4) is 0 Å². The van der Waals surface area contributed by atoms with Crippen LogP contribution in [0.2, 0.25) is 0 Å². The minimum absolute atomic E-state index is 0.529. The van der Waals surface area contributed by atoms with Crippen molar-refractivity contribution in [2.24, 2.45) is 11.3 Å². The summed E-state index contributed by atoms with van der Waals surface area (Å²) in [6.45, 7) is 5.69. The fourth-order valence-corrected chi connectivity index (χ4v) is 2.60. The van der Waals surface area contributed by atoms with Gasteiger partial charge in [-0.2, -0.15) is 0 Å². The third-order valence-corrected chi connectivity index (χ3v) is 4.40. The van der Waals surface area contributed by atoms with Crippen LogP contribution in [-0.2, 0) is 0 Å². The van der Waals surface area contributed by atoms with Crippen LogP contribution >= 0.6 is 15.9 Å². The Hall–Kier alpha value is -0.700. The predicted octanol–water partition coefficient (Wildman–Crippen LogP) is 3.88. The second-order valence-electron chi connectivity index (χ2n) is 5.11. The van der Waals surface area contributed by atoms with Gasteiger partial charge in [-0.05, 0) is 58.3 Å². The quantitative estimate of drug-likeness (QED) is 0.823. The zero-order valence-corrected chi connectivity index (χ0v) is 11.5. The van der Waals surface area contributed by atoms with Crippen LogP contribution < -0.4 is 11.1 Å². The van der Waals surface area contributed by atoms with Gasteiger partial charge in [0.1, 0.15) is 0 Å². The summed E-state index contributed by atoms with van der Waals surface area (Å²) >= 11 is 3.53. The molecule has 2 nitrogen and oxygen atoms in total. The van der Waals surface area contributed by atoms with Crippen molar-refractivity contribution in [3.63, 3.8) is 0 Å². The molecule has 0 heterocycles. The van der Waals surface area contributed by atoms with Gasteiger partial charge in [0.25, 0.3) is 0 Å². The van der Waals surface area contributed by atoms with E-state index in [9.17, 15) is 0 Å². The number of anilines is 2. The van der Waals surface area contributed by atoms with Crippen LogP contribution in [0.25, 0.3) is 0 Å². The number of nitrogen functional groups attached to an aromatic ring is 1. The molecular formula is C13H19BrN2. The van der Waals surface area contributed by atoms with E-state index in [-0.39, 0.29) is 0 Å². The minimum Gasteiger partial charge on any atom is -0.399 e. The molecule has 0 aliphatic heterocycles. The van der Waals surface area contributed by atoms with E-state index in [0.29, 0.717) is 5.41 Å². The van der Waals surface area contributed by atoms with Crippen molar-refractivity contribution in [3.05, 3.63) is 22.7 Å². The molecule has 2 rings (SSSR count). The molecule has 3 N–H and O–H groups in total. The highest BCUT2D eigenvalue weighted by Gasteiger charge is 2.44. The molecule has 1 aromatic carbocycles. The average molecular weight is 283 g/mol. The number of nitrogens with two attached hydrogens (primary N) is 1. The Labute approximate surface area is 106 Å². The lowest BCUT2D eigenvalue weighted by Gasteiger charge is -2.21. The minimum atomic E-state index is 0.529. The van der Waals surface area contributed by atoms with Gasteiger partial charge in [0.2, 0.25) is 0 Å². The van der Waals surface area contributed by atoms with Crippen LogP contribution in [0.15, 0.2) is 22.7 Å². The Morgan fingerprint density at radius 2 is 2.12 bits per heavy atom. The Balaban J connectivity index is 2.00. The molecule has 0 atom stereocenters. The highest BCUT2D eigenvalue weighted by molar-refractivity contribution is 9.10. The summed E-state index contributed by atoms with van der Waals surface area (Å²) < 4.78 is 1.05. The molecule has 16 heavy (non-hydrogen) atoms. The van der Waals surface area contributed by atoms with Gasteiger partial charge < -0.3 is 11.1 Å². The summed E-state index contributed by atoms with van der Waals surface area (Å²) in [5.74, 6) is 0.757. The van der Waals surface area contributed by atoms with Gasteiger partial charge in [-0.1, -0.05) is 13.8 Å². The molecule has 0 aromatic heterocycles. The van der Waals surface area contributed by atoms with Gasteiger partial charge in [0.05, 0.1) is 0 Å². The van der Waals surface area contributed by atoms with Crippen molar-refractivity contribution in [1.29, 1.82) is 0 Å². The van der Waals surface area contributed by atoms with Crippen molar-refractivity contribution in [2.45, 2.75) is 26.7 Å². The Morgan fingerprint density at radius 1 is 1.44 bits per heavy atom. The van der Waals surface area contributed by atoms with E-state index in [1.54, 1.807) is 0 Å². The van der Waals surface area contributed by atoms with E-state index in [1.807, 2.05) is 18.2 Å². The molecule has 1 saturated carbocycles. The molecule has 0 radical (unpaired) electrons. The van der Waals surface area contributed by atoms with Crippen LogP contribution in [0, 0.1) is 11.3 Å². The number of nitrogens with one attached hydrogen (secondary N) is 1. The SMILES string of the molecule is CC(C)C1(CNc2ccc(N)cc2Br)CC1. The van der Waals surface area contributed by atoms with Crippen LogP contribution in [0.4, 0.5) is 11.4 Å². The summed E-state index contributed by atoms with van der Waals surface area (Å²) in [5.41, 5.74) is 8.17. The number of hydrogen-bond donors (Lipinski definition) is 2. The zero-order chi connectivity index (χ0) is 11.8. The molecule has 0 unspecified atom stereocenters. The number of rotatable bonds is 4. The Bertz CT molecular complexity index is 384. The molecule has 1 aliphatic carbocycles. The summed E-state index contributed by atoms with van der Waals surface area (Å²) in [6, 6.07) is 5.91. The number of hydrogen-bond acceptors (Lipinski definition) is 2. The van der Waals surface area contributed by atoms with Gasteiger partial charge >= 0.3 is 0 Å². The summed E-state index contributed by atoms with van der Waals surface area (Å²) in [7, 11) is 0. The largest absolute Gasteiger partial charge is 0.399 e. The normalized spacial score (nSPS) is 17.5. The van der Waals surface area contributed by atoms with Crippen LogP contribution in [-0.4, -0.2) is 6.54 Å². The van der Waals surface area contributed by atoms with Crippen LogP contribution in [0.1, 0.15) is 26.7 Å². The van der Waals surface area contributed by atoms with Gasteiger partial charge in [-0.15, -0.1) is 0 Å². The molecule has 0 bridgehead atoms. The zero-order valence-electron chi connectivity index (χ0n) is 9.89. The highest BCUT2D eigenvalue weighted by atomic mass is 79.9. The van der Waals surface area contributed by atoms with Crippen molar-refractivity contribution < 1.29 is 0 Å². The standard InChI is InChI=1S/C13H19BrN2/c1-9(2)13(5-6-13)8-16-12-4-3-10(15)7-11(12)14/h3-4,7,9,16H,5-6,8,15H2,1-2H3. The molecule has 88 valence electrons. The van der Waals surface area contributed by atoms with Gasteiger partial charge in [-0.25, -0.2) is 0 Å². The number of halogens is 1. The first-order chi connectivity index (χ1) is 7.53. The fraction of sp³-hybridized carbons (Fsp3) is 0.538. The third-order valence-electron chi connectivity index (χ3n) is 3.74. The van der Waals surface area contributed by atoms with Gasteiger partial charge in [-0.3, -0.25) is 0 Å². The van der Waals surface area contributed by atoms with Crippen LogP contribution in [0.5, 0.6) is 0 Å². The maximum Gasteiger partial charge on any atom is 0.0486 e. The first-order valence-electron chi connectivity index (χ1n) is 5.82. The lowest BCUT2D eigenvalue weighted by atomic mass is 9.92. The molecule has 3 heteroatoms. The summed E-state index contributed by atoms with van der Waals surface area (Å²) in [6.07, 6.45) is 2.70. The number of benzene rings is 1. The van der Waals surface area contributed by atoms with E-state index < -0.39 is 0 Å². The first-order valence-corrected chi connectivity index (χ1v) is 6.62. The van der Waals surface area contributed by atoms with Gasteiger partial charge in [0.15, 0.2) is 0 Å². The second-order valence-corrected chi connectivity index (χ2v) is 5.96. The predicted molar refractivity (Wildman–Crippen MR) is 73.5 cm³/mol. The van der Waals surface area contributed by atoms with Gasteiger partial charge in [0, 0.05) is 22.4 Å².